The zero-order valence-electron chi connectivity index (χ0n) is 11.9. The van der Waals surface area contributed by atoms with Gasteiger partial charge in [-0.3, -0.25) is 0 Å². The molecule has 2 rings (SSSR count). The van der Waals surface area contributed by atoms with E-state index in [0.29, 0.717) is 12.0 Å². The summed E-state index contributed by atoms with van der Waals surface area (Å²) in [5, 5.41) is 0. The Bertz CT molecular complexity index is 386. The first-order valence-corrected chi connectivity index (χ1v) is 7.16. The number of hydrogen-bond donors (Lipinski definition) is 1. The second-order valence-electron chi connectivity index (χ2n) is 6.11. The molecule has 2 atom stereocenters. The molecular weight excluding hydrogens is 220 g/mol. The lowest BCUT2D eigenvalue weighted by Gasteiger charge is -2.40. The number of fused-ring (bicyclic) bond motifs is 1. The van der Waals surface area contributed by atoms with Gasteiger partial charge in [-0.05, 0) is 36.3 Å². The molecule has 0 saturated heterocycles. The van der Waals surface area contributed by atoms with E-state index < -0.39 is 0 Å². The summed E-state index contributed by atoms with van der Waals surface area (Å²) in [5.41, 5.74) is 8.91. The first-order valence-electron chi connectivity index (χ1n) is 7.16. The molecule has 0 bridgehead atoms. The van der Waals surface area contributed by atoms with E-state index in [9.17, 15) is 0 Å². The summed E-state index contributed by atoms with van der Waals surface area (Å²) in [6.45, 7) is 8.79. The molecule has 1 aromatic rings. The minimum Gasteiger partial charge on any atom is -0.367 e. The van der Waals surface area contributed by atoms with E-state index in [4.69, 9.17) is 5.73 Å². The second-order valence-corrected chi connectivity index (χ2v) is 6.11. The summed E-state index contributed by atoms with van der Waals surface area (Å²) in [4.78, 5) is 2.55. The molecule has 2 unspecified atom stereocenters. The monoisotopic (exact) mass is 246 g/mol. The predicted molar refractivity (Wildman–Crippen MR) is 79.0 cm³/mol. The van der Waals surface area contributed by atoms with E-state index >= 15 is 0 Å². The SMILES string of the molecule is CC(C)CC(CN)N1CC(C)Cc2ccccc21. The van der Waals surface area contributed by atoms with Crippen molar-refractivity contribution in [2.75, 3.05) is 18.0 Å². The van der Waals surface area contributed by atoms with Gasteiger partial charge in [-0.2, -0.15) is 0 Å². The van der Waals surface area contributed by atoms with Crippen molar-refractivity contribution in [3.63, 3.8) is 0 Å². The second kappa shape index (κ2) is 5.75. The van der Waals surface area contributed by atoms with Crippen LogP contribution in [-0.2, 0) is 6.42 Å². The maximum Gasteiger partial charge on any atom is 0.0414 e. The highest BCUT2D eigenvalue weighted by molar-refractivity contribution is 5.56. The molecule has 2 N–H and O–H groups in total. The Morgan fingerprint density at radius 3 is 2.72 bits per heavy atom. The van der Waals surface area contributed by atoms with E-state index in [0.717, 1.165) is 19.0 Å². The summed E-state index contributed by atoms with van der Waals surface area (Å²) in [6.07, 6.45) is 2.38. The van der Waals surface area contributed by atoms with Crippen LogP contribution in [0.2, 0.25) is 0 Å². The van der Waals surface area contributed by atoms with E-state index in [1.807, 2.05) is 0 Å². The number of hydrogen-bond acceptors (Lipinski definition) is 2. The van der Waals surface area contributed by atoms with Crippen molar-refractivity contribution in [3.8, 4) is 0 Å². The zero-order chi connectivity index (χ0) is 13.1. The van der Waals surface area contributed by atoms with Gasteiger partial charge in [0.25, 0.3) is 0 Å². The molecule has 0 spiro atoms. The number of para-hydroxylation sites is 1. The van der Waals surface area contributed by atoms with Crippen molar-refractivity contribution in [2.45, 2.75) is 39.7 Å². The van der Waals surface area contributed by atoms with E-state index in [-0.39, 0.29) is 0 Å². The number of rotatable bonds is 4. The van der Waals surface area contributed by atoms with Crippen LogP contribution >= 0.6 is 0 Å². The lowest BCUT2D eigenvalue weighted by atomic mass is 9.91. The third-order valence-corrected chi connectivity index (χ3v) is 3.83. The van der Waals surface area contributed by atoms with Gasteiger partial charge in [-0.15, -0.1) is 0 Å². The molecule has 100 valence electrons. The fraction of sp³-hybridized carbons (Fsp3) is 0.625. The van der Waals surface area contributed by atoms with Crippen LogP contribution in [0.1, 0.15) is 32.8 Å². The van der Waals surface area contributed by atoms with Crippen LogP contribution in [0, 0.1) is 11.8 Å². The summed E-state index contributed by atoms with van der Waals surface area (Å²) in [7, 11) is 0. The van der Waals surface area contributed by atoms with E-state index in [1.54, 1.807) is 0 Å². The van der Waals surface area contributed by atoms with Gasteiger partial charge in [0.05, 0.1) is 0 Å². The standard InChI is InChI=1S/C16H26N2/c1-12(2)8-15(10-17)18-11-13(3)9-14-6-4-5-7-16(14)18/h4-7,12-13,15H,8-11,17H2,1-3H3. The third kappa shape index (κ3) is 2.86. The van der Waals surface area contributed by atoms with Gasteiger partial charge in [0.2, 0.25) is 0 Å². The highest BCUT2D eigenvalue weighted by Gasteiger charge is 2.26. The van der Waals surface area contributed by atoms with Crippen LogP contribution < -0.4 is 10.6 Å². The molecule has 0 aliphatic carbocycles. The molecule has 1 aliphatic heterocycles. The molecule has 18 heavy (non-hydrogen) atoms. The fourth-order valence-corrected chi connectivity index (χ4v) is 3.08. The Labute approximate surface area is 111 Å². The van der Waals surface area contributed by atoms with Crippen molar-refractivity contribution in [3.05, 3.63) is 29.8 Å². The first kappa shape index (κ1) is 13.4. The number of anilines is 1. The molecule has 0 radical (unpaired) electrons. The largest absolute Gasteiger partial charge is 0.367 e. The van der Waals surface area contributed by atoms with Crippen LogP contribution in [0.3, 0.4) is 0 Å². The minimum absolute atomic E-state index is 0.480. The average molecular weight is 246 g/mol. The third-order valence-electron chi connectivity index (χ3n) is 3.83. The fourth-order valence-electron chi connectivity index (χ4n) is 3.08. The molecule has 1 heterocycles. The topological polar surface area (TPSA) is 29.3 Å². The van der Waals surface area contributed by atoms with Crippen molar-refractivity contribution in [2.24, 2.45) is 17.6 Å². The lowest BCUT2D eigenvalue weighted by molar-refractivity contribution is 0.427. The van der Waals surface area contributed by atoms with Gasteiger partial charge in [0.1, 0.15) is 0 Å². The van der Waals surface area contributed by atoms with Gasteiger partial charge >= 0.3 is 0 Å². The molecule has 0 fully saturated rings. The maximum atomic E-state index is 6.01. The summed E-state index contributed by atoms with van der Waals surface area (Å²) < 4.78 is 0. The van der Waals surface area contributed by atoms with Gasteiger partial charge < -0.3 is 10.6 Å². The number of benzene rings is 1. The first-order chi connectivity index (χ1) is 8.61. The van der Waals surface area contributed by atoms with E-state index in [1.165, 1.54) is 24.1 Å². The average Bonchev–Trinajstić information content (AvgIpc) is 2.34. The Hall–Kier alpha value is -1.02. The van der Waals surface area contributed by atoms with Crippen molar-refractivity contribution >= 4 is 5.69 Å². The molecular formula is C16H26N2. The Morgan fingerprint density at radius 2 is 2.06 bits per heavy atom. The van der Waals surface area contributed by atoms with Crippen LogP contribution in [0.4, 0.5) is 5.69 Å². The van der Waals surface area contributed by atoms with Gasteiger partial charge in [0, 0.05) is 24.8 Å². The predicted octanol–water partition coefficient (Wildman–Crippen LogP) is 3.06. The van der Waals surface area contributed by atoms with Crippen molar-refractivity contribution in [1.29, 1.82) is 0 Å². The van der Waals surface area contributed by atoms with E-state index in [2.05, 4.69) is 49.9 Å². The van der Waals surface area contributed by atoms with Crippen LogP contribution in [0.5, 0.6) is 0 Å². The van der Waals surface area contributed by atoms with Crippen LogP contribution in [0.25, 0.3) is 0 Å². The molecule has 1 aliphatic rings. The molecule has 0 amide bonds. The summed E-state index contributed by atoms with van der Waals surface area (Å²) >= 11 is 0. The molecule has 1 aromatic carbocycles. The number of nitrogens with two attached hydrogens (primary N) is 1. The summed E-state index contributed by atoms with van der Waals surface area (Å²) in [6, 6.07) is 9.29. The highest BCUT2D eigenvalue weighted by Crippen LogP contribution is 2.32. The maximum absolute atomic E-state index is 6.01. The molecule has 0 aromatic heterocycles. The Balaban J connectivity index is 2.26. The molecule has 2 heteroatoms. The quantitative estimate of drug-likeness (QED) is 0.884. The van der Waals surface area contributed by atoms with Crippen molar-refractivity contribution < 1.29 is 0 Å². The van der Waals surface area contributed by atoms with Gasteiger partial charge in [-0.25, -0.2) is 0 Å². The van der Waals surface area contributed by atoms with Crippen LogP contribution in [-0.4, -0.2) is 19.1 Å². The Kier molecular flexibility index (Phi) is 4.28. The van der Waals surface area contributed by atoms with Crippen molar-refractivity contribution in [1.82, 2.24) is 0 Å². The zero-order valence-corrected chi connectivity index (χ0v) is 11.9. The normalized spacial score (nSPS) is 20.9. The van der Waals surface area contributed by atoms with Crippen LogP contribution in [0.15, 0.2) is 24.3 Å². The van der Waals surface area contributed by atoms with Gasteiger partial charge in [0.15, 0.2) is 0 Å². The summed E-state index contributed by atoms with van der Waals surface area (Å²) in [5.74, 6) is 1.42. The molecule has 2 nitrogen and oxygen atoms in total. The minimum atomic E-state index is 0.480. The van der Waals surface area contributed by atoms with Gasteiger partial charge in [-0.1, -0.05) is 39.0 Å². The number of nitrogens with zero attached hydrogens (tertiary/aromatic N) is 1. The highest BCUT2D eigenvalue weighted by atomic mass is 15.2. The molecule has 0 saturated carbocycles. The Morgan fingerprint density at radius 1 is 1.33 bits per heavy atom. The smallest absolute Gasteiger partial charge is 0.0414 e. The lowest BCUT2D eigenvalue weighted by Crippen LogP contribution is -2.46.